The van der Waals surface area contributed by atoms with Gasteiger partial charge in [0, 0.05) is 19.3 Å². The number of rotatable bonds is 3. The number of pyridine rings is 1. The molecule has 0 saturated heterocycles. The lowest BCUT2D eigenvalue weighted by atomic mass is 10.1. The monoisotopic (exact) mass is 384 g/mol. The number of hydrogen-bond acceptors (Lipinski definition) is 4. The number of ether oxygens (including phenoxy) is 1. The summed E-state index contributed by atoms with van der Waals surface area (Å²) < 4.78 is 7.59. The lowest BCUT2D eigenvalue weighted by Gasteiger charge is -2.33. The fraction of sp³-hybridized carbons (Fsp3) is 0.211. The average molecular weight is 385 g/mol. The number of fused-ring (bicyclic) bond motifs is 2. The van der Waals surface area contributed by atoms with E-state index in [2.05, 4.69) is 10.3 Å². The van der Waals surface area contributed by atoms with Crippen molar-refractivity contribution in [2.75, 3.05) is 11.4 Å². The van der Waals surface area contributed by atoms with Crippen LogP contribution in [0.4, 0.5) is 5.69 Å². The summed E-state index contributed by atoms with van der Waals surface area (Å²) in [5, 5.41) is 3.43. The molecule has 3 heterocycles. The van der Waals surface area contributed by atoms with Crippen LogP contribution in [0.3, 0.4) is 0 Å². The summed E-state index contributed by atoms with van der Waals surface area (Å²) >= 11 is 5.97. The Morgan fingerprint density at radius 3 is 2.89 bits per heavy atom. The predicted molar refractivity (Wildman–Crippen MR) is 101 cm³/mol. The molecule has 27 heavy (non-hydrogen) atoms. The van der Waals surface area contributed by atoms with Gasteiger partial charge in [-0.15, -0.1) is 0 Å². The number of carbonyl (C=O) groups excluding carboxylic acids is 2. The highest BCUT2D eigenvalue weighted by molar-refractivity contribution is 6.30. The second-order valence-corrected chi connectivity index (χ2v) is 6.70. The Labute approximate surface area is 160 Å². The zero-order valence-electron chi connectivity index (χ0n) is 14.6. The standard InChI is InChI=1S/C19H17ClN4O3/c1-12(25)24-11-17(27-16-5-3-2-4-15(16)24)19(26)21-8-14-10-23-9-13(20)6-7-18(23)22-14/h2-7,9-10,17H,8,11H2,1H3,(H,21,26). The van der Waals surface area contributed by atoms with Gasteiger partial charge >= 0.3 is 0 Å². The molecule has 2 aromatic heterocycles. The van der Waals surface area contributed by atoms with Crippen LogP contribution in [0.1, 0.15) is 12.6 Å². The van der Waals surface area contributed by atoms with Gasteiger partial charge in [-0.1, -0.05) is 23.7 Å². The predicted octanol–water partition coefficient (Wildman–Crippen LogP) is 2.42. The lowest BCUT2D eigenvalue weighted by Crippen LogP contribution is -2.50. The van der Waals surface area contributed by atoms with Crippen LogP contribution < -0.4 is 15.0 Å². The van der Waals surface area contributed by atoms with E-state index in [1.54, 1.807) is 52.0 Å². The minimum Gasteiger partial charge on any atom is -0.477 e. The Bertz CT molecular complexity index is 1030. The summed E-state index contributed by atoms with van der Waals surface area (Å²) in [5.74, 6) is 0.0769. The molecule has 1 aromatic carbocycles. The average Bonchev–Trinajstić information content (AvgIpc) is 3.07. The van der Waals surface area contributed by atoms with E-state index in [1.807, 2.05) is 6.07 Å². The molecule has 7 nitrogen and oxygen atoms in total. The molecule has 1 atom stereocenters. The first-order valence-electron chi connectivity index (χ1n) is 8.46. The van der Waals surface area contributed by atoms with E-state index >= 15 is 0 Å². The van der Waals surface area contributed by atoms with Gasteiger partial charge in [0.2, 0.25) is 5.91 Å². The third-order valence-electron chi connectivity index (χ3n) is 4.35. The van der Waals surface area contributed by atoms with Crippen molar-refractivity contribution in [2.24, 2.45) is 0 Å². The quantitative estimate of drug-likeness (QED) is 0.752. The number of halogens is 1. The maximum absolute atomic E-state index is 12.6. The topological polar surface area (TPSA) is 75.9 Å². The van der Waals surface area contributed by atoms with Crippen LogP contribution >= 0.6 is 11.6 Å². The number of carbonyl (C=O) groups is 2. The van der Waals surface area contributed by atoms with Gasteiger partial charge in [-0.3, -0.25) is 9.59 Å². The van der Waals surface area contributed by atoms with Gasteiger partial charge in [-0.05, 0) is 24.3 Å². The number of aromatic nitrogens is 2. The fourth-order valence-corrected chi connectivity index (χ4v) is 3.23. The molecule has 0 aliphatic carbocycles. The Hall–Kier alpha value is -3.06. The van der Waals surface area contributed by atoms with E-state index < -0.39 is 6.10 Å². The third-order valence-corrected chi connectivity index (χ3v) is 4.58. The van der Waals surface area contributed by atoms with Crippen molar-refractivity contribution >= 4 is 34.7 Å². The van der Waals surface area contributed by atoms with Crippen molar-refractivity contribution in [1.82, 2.24) is 14.7 Å². The molecule has 4 rings (SSSR count). The summed E-state index contributed by atoms with van der Waals surface area (Å²) in [6.07, 6.45) is 2.77. The van der Waals surface area contributed by atoms with Gasteiger partial charge in [0.05, 0.1) is 29.5 Å². The molecular weight excluding hydrogens is 368 g/mol. The molecule has 0 spiro atoms. The first-order chi connectivity index (χ1) is 13.0. The second kappa shape index (κ2) is 6.92. The molecule has 1 unspecified atom stereocenters. The molecule has 138 valence electrons. The minimum absolute atomic E-state index is 0.138. The van der Waals surface area contributed by atoms with Gasteiger partial charge in [0.15, 0.2) is 6.10 Å². The molecular formula is C19H17ClN4O3. The van der Waals surface area contributed by atoms with Gasteiger partial charge in [0.25, 0.3) is 5.91 Å². The van der Waals surface area contributed by atoms with Crippen LogP contribution in [0.5, 0.6) is 5.75 Å². The molecule has 1 aliphatic heterocycles. The van der Waals surface area contributed by atoms with Crippen molar-refractivity contribution in [3.63, 3.8) is 0 Å². The highest BCUT2D eigenvalue weighted by Crippen LogP contribution is 2.33. The van der Waals surface area contributed by atoms with E-state index in [0.717, 1.165) is 5.65 Å². The summed E-state index contributed by atoms with van der Waals surface area (Å²) in [7, 11) is 0. The highest BCUT2D eigenvalue weighted by atomic mass is 35.5. The Kier molecular flexibility index (Phi) is 4.45. The van der Waals surface area contributed by atoms with Crippen LogP contribution in [-0.4, -0.2) is 33.8 Å². The lowest BCUT2D eigenvalue weighted by molar-refractivity contribution is -0.128. The van der Waals surface area contributed by atoms with Crippen LogP contribution in [0.2, 0.25) is 5.02 Å². The van der Waals surface area contributed by atoms with Gasteiger partial charge in [-0.25, -0.2) is 4.98 Å². The van der Waals surface area contributed by atoms with Crippen molar-refractivity contribution in [3.05, 3.63) is 59.5 Å². The van der Waals surface area contributed by atoms with Crippen LogP contribution in [0.15, 0.2) is 48.8 Å². The SMILES string of the molecule is CC(=O)N1CC(C(=O)NCc2cn3cc(Cl)ccc3n2)Oc2ccccc21. The number of imidazole rings is 1. The maximum atomic E-state index is 12.6. The number of anilines is 1. The van der Waals surface area contributed by atoms with Crippen molar-refractivity contribution < 1.29 is 14.3 Å². The van der Waals surface area contributed by atoms with Crippen molar-refractivity contribution in [2.45, 2.75) is 19.6 Å². The summed E-state index contributed by atoms with van der Waals surface area (Å²) in [4.78, 5) is 30.5. The summed E-state index contributed by atoms with van der Waals surface area (Å²) in [6.45, 7) is 1.89. The molecule has 0 bridgehead atoms. The number of benzene rings is 1. The number of amides is 2. The number of nitrogens with zero attached hydrogens (tertiary/aromatic N) is 3. The molecule has 3 aromatic rings. The maximum Gasteiger partial charge on any atom is 0.263 e. The summed E-state index contributed by atoms with van der Waals surface area (Å²) in [5.41, 5.74) is 2.12. The van der Waals surface area contributed by atoms with Crippen LogP contribution in [0.25, 0.3) is 5.65 Å². The van der Waals surface area contributed by atoms with Crippen molar-refractivity contribution in [3.8, 4) is 5.75 Å². The van der Waals surface area contributed by atoms with Gasteiger partial charge < -0.3 is 19.4 Å². The normalized spacial score (nSPS) is 15.9. The van der Waals surface area contributed by atoms with Crippen LogP contribution in [-0.2, 0) is 16.1 Å². The molecule has 1 N–H and O–H groups in total. The zero-order chi connectivity index (χ0) is 19.0. The van der Waals surface area contributed by atoms with E-state index in [1.165, 1.54) is 6.92 Å². The molecule has 1 aliphatic rings. The van der Waals surface area contributed by atoms with E-state index in [9.17, 15) is 9.59 Å². The molecule has 8 heteroatoms. The van der Waals surface area contributed by atoms with E-state index in [0.29, 0.717) is 22.2 Å². The third kappa shape index (κ3) is 3.46. The van der Waals surface area contributed by atoms with E-state index in [4.69, 9.17) is 16.3 Å². The fourth-order valence-electron chi connectivity index (χ4n) is 3.06. The Morgan fingerprint density at radius 2 is 2.07 bits per heavy atom. The smallest absolute Gasteiger partial charge is 0.263 e. The van der Waals surface area contributed by atoms with Gasteiger partial charge in [-0.2, -0.15) is 0 Å². The number of hydrogen-bond donors (Lipinski definition) is 1. The largest absolute Gasteiger partial charge is 0.477 e. The zero-order valence-corrected chi connectivity index (χ0v) is 15.3. The molecule has 0 saturated carbocycles. The summed E-state index contributed by atoms with van der Waals surface area (Å²) in [6, 6.07) is 10.7. The van der Waals surface area contributed by atoms with E-state index in [-0.39, 0.29) is 24.9 Å². The minimum atomic E-state index is -0.782. The molecule has 0 radical (unpaired) electrons. The number of nitrogens with one attached hydrogen (secondary N) is 1. The van der Waals surface area contributed by atoms with Crippen LogP contribution in [0, 0.1) is 0 Å². The molecule has 2 amide bonds. The van der Waals surface area contributed by atoms with Gasteiger partial charge in [0.1, 0.15) is 11.4 Å². The first-order valence-corrected chi connectivity index (χ1v) is 8.84. The molecule has 0 fully saturated rings. The first kappa shape index (κ1) is 17.4. The second-order valence-electron chi connectivity index (χ2n) is 6.27. The Balaban J connectivity index is 1.47. The van der Waals surface area contributed by atoms with Crippen molar-refractivity contribution in [1.29, 1.82) is 0 Å². The number of para-hydroxylation sites is 2. The Morgan fingerprint density at radius 1 is 1.26 bits per heavy atom. The highest BCUT2D eigenvalue weighted by Gasteiger charge is 2.32.